The van der Waals surface area contributed by atoms with Gasteiger partial charge in [0.15, 0.2) is 0 Å². The average Bonchev–Trinajstić information content (AvgIpc) is 1.87. The van der Waals surface area contributed by atoms with E-state index in [0.717, 1.165) is 6.42 Å². The molecule has 0 saturated carbocycles. The van der Waals surface area contributed by atoms with E-state index >= 15 is 0 Å². The maximum Gasteiger partial charge on any atom is 0.343 e. The number of carbonyl (C=O) groups is 1. The number of rotatable bonds is 3. The largest absolute Gasteiger partial charge is 0.459 e. The predicted molar refractivity (Wildman–Crippen MR) is 44.0 cm³/mol. The molecule has 0 amide bonds. The molecule has 58 valence electrons. The average molecular weight is 160 g/mol. The van der Waals surface area contributed by atoms with Gasteiger partial charge in [-0.1, -0.05) is 13.5 Å². The number of thiol groups is 1. The van der Waals surface area contributed by atoms with Crippen LogP contribution in [0.4, 0.5) is 0 Å². The van der Waals surface area contributed by atoms with E-state index in [9.17, 15) is 4.79 Å². The fourth-order valence-electron chi connectivity index (χ4n) is 0.334. The Kier molecular flexibility index (Phi) is 4.19. The minimum Gasteiger partial charge on any atom is -0.459 e. The van der Waals surface area contributed by atoms with E-state index in [1.54, 1.807) is 0 Å². The van der Waals surface area contributed by atoms with Gasteiger partial charge in [0.05, 0.1) is 11.0 Å². The van der Waals surface area contributed by atoms with Crippen molar-refractivity contribution in [1.82, 2.24) is 0 Å². The first-order valence-corrected chi connectivity index (χ1v) is 3.61. The lowest BCUT2D eigenvalue weighted by molar-refractivity contribution is -0.142. The molecule has 0 rings (SSSR count). The van der Waals surface area contributed by atoms with Crippen LogP contribution >= 0.6 is 12.6 Å². The van der Waals surface area contributed by atoms with E-state index in [4.69, 9.17) is 4.74 Å². The van der Waals surface area contributed by atoms with Crippen LogP contribution in [0.1, 0.15) is 20.3 Å². The van der Waals surface area contributed by atoms with Crippen molar-refractivity contribution >= 4 is 18.6 Å². The van der Waals surface area contributed by atoms with Crippen molar-refractivity contribution in [3.8, 4) is 0 Å². The summed E-state index contributed by atoms with van der Waals surface area (Å²) in [5.41, 5.74) is 0. The summed E-state index contributed by atoms with van der Waals surface area (Å²) < 4.78 is 4.85. The van der Waals surface area contributed by atoms with Crippen LogP contribution in [0, 0.1) is 0 Å². The molecule has 0 saturated heterocycles. The van der Waals surface area contributed by atoms with Gasteiger partial charge in [0.25, 0.3) is 0 Å². The maximum absolute atomic E-state index is 10.7. The summed E-state index contributed by atoms with van der Waals surface area (Å²) in [5.74, 6) is -0.433. The Bertz CT molecular complexity index is 143. The van der Waals surface area contributed by atoms with Crippen LogP contribution in [0.2, 0.25) is 0 Å². The van der Waals surface area contributed by atoms with Gasteiger partial charge in [-0.25, -0.2) is 4.79 Å². The molecule has 1 atom stereocenters. The van der Waals surface area contributed by atoms with Gasteiger partial charge in [-0.05, 0) is 13.3 Å². The van der Waals surface area contributed by atoms with Crippen LogP contribution in [0.3, 0.4) is 0 Å². The lowest BCUT2D eigenvalue weighted by Crippen LogP contribution is -2.13. The van der Waals surface area contributed by atoms with E-state index < -0.39 is 5.97 Å². The summed E-state index contributed by atoms with van der Waals surface area (Å²) in [4.78, 5) is 10.9. The van der Waals surface area contributed by atoms with Gasteiger partial charge in [-0.15, -0.1) is 12.6 Å². The maximum atomic E-state index is 10.7. The first-order valence-electron chi connectivity index (χ1n) is 3.16. The molecule has 0 bridgehead atoms. The Balaban J connectivity index is 3.68. The number of ether oxygens (including phenoxy) is 1. The lowest BCUT2D eigenvalue weighted by atomic mass is 10.3. The first kappa shape index (κ1) is 9.56. The van der Waals surface area contributed by atoms with Crippen LogP contribution in [-0.2, 0) is 9.53 Å². The zero-order valence-corrected chi connectivity index (χ0v) is 7.15. The van der Waals surface area contributed by atoms with E-state index in [-0.39, 0.29) is 11.0 Å². The van der Waals surface area contributed by atoms with Gasteiger partial charge in [-0.3, -0.25) is 0 Å². The predicted octanol–water partition coefficient (Wildman–Crippen LogP) is 1.77. The molecule has 0 aliphatic rings. The van der Waals surface area contributed by atoms with Gasteiger partial charge >= 0.3 is 5.97 Å². The van der Waals surface area contributed by atoms with E-state index in [2.05, 4.69) is 19.2 Å². The molecule has 0 radical (unpaired) electrons. The minimum absolute atomic E-state index is 0.0450. The van der Waals surface area contributed by atoms with E-state index in [1.165, 1.54) is 0 Å². The Hall–Kier alpha value is -0.440. The Morgan fingerprint density at radius 2 is 2.30 bits per heavy atom. The summed E-state index contributed by atoms with van der Waals surface area (Å²) >= 11 is 3.74. The lowest BCUT2D eigenvalue weighted by Gasteiger charge is -2.09. The summed E-state index contributed by atoms with van der Waals surface area (Å²) in [6.07, 6.45) is 0.767. The van der Waals surface area contributed by atoms with Gasteiger partial charge < -0.3 is 4.74 Å². The van der Waals surface area contributed by atoms with Crippen molar-refractivity contribution in [2.45, 2.75) is 26.4 Å². The quantitative estimate of drug-likeness (QED) is 0.387. The topological polar surface area (TPSA) is 26.3 Å². The van der Waals surface area contributed by atoms with E-state index in [0.29, 0.717) is 0 Å². The highest BCUT2D eigenvalue weighted by Crippen LogP contribution is 2.03. The van der Waals surface area contributed by atoms with Crippen LogP contribution in [0.15, 0.2) is 11.5 Å². The minimum atomic E-state index is -0.433. The molecular formula is C7H12O2S. The van der Waals surface area contributed by atoms with Crippen molar-refractivity contribution in [2.24, 2.45) is 0 Å². The standard InChI is InChI=1S/C7H12O2S/c1-4-5(2)9-7(8)6(3)10/h5,10H,3-4H2,1-2H3. The summed E-state index contributed by atoms with van der Waals surface area (Å²) in [6, 6.07) is 0. The monoisotopic (exact) mass is 160 g/mol. The highest BCUT2D eigenvalue weighted by Gasteiger charge is 2.07. The van der Waals surface area contributed by atoms with Crippen LogP contribution < -0.4 is 0 Å². The second-order valence-corrected chi connectivity index (χ2v) is 2.61. The Morgan fingerprint density at radius 1 is 1.80 bits per heavy atom. The summed E-state index contributed by atoms with van der Waals surface area (Å²) in [7, 11) is 0. The highest BCUT2D eigenvalue weighted by atomic mass is 32.1. The summed E-state index contributed by atoms with van der Waals surface area (Å²) in [6.45, 7) is 7.10. The second-order valence-electron chi connectivity index (χ2n) is 2.07. The van der Waals surface area contributed by atoms with Crippen molar-refractivity contribution < 1.29 is 9.53 Å². The van der Waals surface area contributed by atoms with Crippen molar-refractivity contribution in [3.63, 3.8) is 0 Å². The third-order valence-corrected chi connectivity index (χ3v) is 1.30. The first-order chi connectivity index (χ1) is 4.57. The molecular weight excluding hydrogens is 148 g/mol. The summed E-state index contributed by atoms with van der Waals surface area (Å²) in [5, 5.41) is 0. The number of hydrogen-bond donors (Lipinski definition) is 1. The number of hydrogen-bond acceptors (Lipinski definition) is 3. The number of esters is 1. The molecule has 3 heteroatoms. The normalized spacial score (nSPS) is 12.3. The van der Waals surface area contributed by atoms with Gasteiger partial charge in [-0.2, -0.15) is 0 Å². The third kappa shape index (κ3) is 3.56. The Morgan fingerprint density at radius 3 is 2.60 bits per heavy atom. The van der Waals surface area contributed by atoms with Gasteiger partial charge in [0.2, 0.25) is 0 Å². The molecule has 0 aromatic rings. The smallest absolute Gasteiger partial charge is 0.343 e. The molecule has 0 aliphatic carbocycles. The molecule has 0 heterocycles. The molecule has 0 fully saturated rings. The van der Waals surface area contributed by atoms with Crippen LogP contribution in [0.5, 0.6) is 0 Å². The van der Waals surface area contributed by atoms with Crippen molar-refractivity contribution in [1.29, 1.82) is 0 Å². The molecule has 1 unspecified atom stereocenters. The second kappa shape index (κ2) is 4.39. The van der Waals surface area contributed by atoms with Crippen molar-refractivity contribution in [2.75, 3.05) is 0 Å². The molecule has 0 aromatic heterocycles. The zero-order valence-electron chi connectivity index (χ0n) is 6.26. The fraction of sp³-hybridized carbons (Fsp3) is 0.571. The van der Waals surface area contributed by atoms with Crippen LogP contribution in [0.25, 0.3) is 0 Å². The number of carbonyl (C=O) groups excluding carboxylic acids is 1. The fourth-order valence-corrected chi connectivity index (χ4v) is 0.387. The van der Waals surface area contributed by atoms with Gasteiger partial charge in [0.1, 0.15) is 0 Å². The molecule has 0 spiro atoms. The molecule has 0 aliphatic heterocycles. The highest BCUT2D eigenvalue weighted by molar-refractivity contribution is 7.85. The van der Waals surface area contributed by atoms with Crippen molar-refractivity contribution in [3.05, 3.63) is 11.5 Å². The zero-order chi connectivity index (χ0) is 8.15. The van der Waals surface area contributed by atoms with E-state index in [1.807, 2.05) is 13.8 Å². The van der Waals surface area contributed by atoms with Gasteiger partial charge in [0, 0.05) is 0 Å². The van der Waals surface area contributed by atoms with Crippen LogP contribution in [-0.4, -0.2) is 12.1 Å². The molecule has 0 aromatic carbocycles. The molecule has 0 N–H and O–H groups in total. The SMILES string of the molecule is C=C(S)C(=O)OC(C)CC. The Labute approximate surface area is 66.7 Å². The molecule has 2 nitrogen and oxygen atoms in total. The third-order valence-electron chi connectivity index (χ3n) is 1.12. The molecule has 10 heavy (non-hydrogen) atoms.